The maximum atomic E-state index is 14.0. The van der Waals surface area contributed by atoms with E-state index in [2.05, 4.69) is 15.3 Å². The molecule has 25 heavy (non-hydrogen) atoms. The zero-order valence-electron chi connectivity index (χ0n) is 13.1. The first kappa shape index (κ1) is 15.2. The van der Waals surface area contributed by atoms with Crippen LogP contribution in [-0.2, 0) is 0 Å². The maximum absolute atomic E-state index is 14.0. The van der Waals surface area contributed by atoms with Crippen molar-refractivity contribution in [3.8, 4) is 11.3 Å². The highest BCUT2D eigenvalue weighted by Gasteiger charge is 2.09. The van der Waals surface area contributed by atoms with Crippen LogP contribution >= 0.6 is 0 Å². The van der Waals surface area contributed by atoms with Gasteiger partial charge in [0.15, 0.2) is 0 Å². The van der Waals surface area contributed by atoms with Crippen LogP contribution in [0.2, 0.25) is 0 Å². The van der Waals surface area contributed by atoms with Gasteiger partial charge in [0.05, 0.1) is 11.2 Å². The lowest BCUT2D eigenvalue weighted by atomic mass is 10.1. The van der Waals surface area contributed by atoms with Crippen LogP contribution in [0.15, 0.2) is 73.1 Å². The van der Waals surface area contributed by atoms with Gasteiger partial charge in [-0.1, -0.05) is 18.2 Å². The number of para-hydroxylation sites is 1. The Morgan fingerprint density at radius 1 is 0.800 bits per heavy atom. The quantitative estimate of drug-likeness (QED) is 0.551. The number of nitrogens with one attached hydrogen (secondary N) is 1. The summed E-state index contributed by atoms with van der Waals surface area (Å²) in [5, 5.41) is 4.27. The second-order valence-corrected chi connectivity index (χ2v) is 5.55. The predicted molar refractivity (Wildman–Crippen MR) is 94.6 cm³/mol. The highest BCUT2D eigenvalue weighted by atomic mass is 19.1. The third kappa shape index (κ3) is 3.04. The summed E-state index contributed by atoms with van der Waals surface area (Å²) >= 11 is 0. The van der Waals surface area contributed by atoms with E-state index in [-0.39, 0.29) is 5.56 Å². The van der Waals surface area contributed by atoms with Crippen molar-refractivity contribution in [3.63, 3.8) is 0 Å². The fraction of sp³-hybridized carbons (Fsp3) is 0. The van der Waals surface area contributed by atoms with Gasteiger partial charge in [0, 0.05) is 34.7 Å². The third-order valence-corrected chi connectivity index (χ3v) is 3.89. The molecule has 122 valence electrons. The van der Waals surface area contributed by atoms with Crippen molar-refractivity contribution in [1.82, 2.24) is 9.97 Å². The third-order valence-electron chi connectivity index (χ3n) is 3.89. The molecule has 0 spiro atoms. The Hall–Kier alpha value is -3.34. The number of benzene rings is 2. The SMILES string of the molecule is Fc1ccc(F)c(-c2cc(Nc3ccnc4ccccc34)ccn2)c1. The molecule has 0 fully saturated rings. The monoisotopic (exact) mass is 333 g/mol. The second-order valence-electron chi connectivity index (χ2n) is 5.55. The Bertz CT molecular complexity index is 1060. The highest BCUT2D eigenvalue weighted by Crippen LogP contribution is 2.28. The van der Waals surface area contributed by atoms with E-state index in [0.29, 0.717) is 5.69 Å². The van der Waals surface area contributed by atoms with Crippen molar-refractivity contribution < 1.29 is 8.78 Å². The zero-order valence-corrected chi connectivity index (χ0v) is 13.1. The van der Waals surface area contributed by atoms with E-state index in [0.717, 1.165) is 40.5 Å². The Morgan fingerprint density at radius 2 is 1.64 bits per heavy atom. The minimum absolute atomic E-state index is 0.128. The first-order chi connectivity index (χ1) is 12.2. The molecule has 2 heterocycles. The number of hydrogen-bond acceptors (Lipinski definition) is 3. The molecule has 0 saturated carbocycles. The number of nitrogens with zero attached hydrogens (tertiary/aromatic N) is 2. The van der Waals surface area contributed by atoms with Crippen molar-refractivity contribution in [3.05, 3.63) is 84.7 Å². The van der Waals surface area contributed by atoms with E-state index in [1.165, 1.54) is 0 Å². The number of pyridine rings is 2. The summed E-state index contributed by atoms with van der Waals surface area (Å²) in [5.74, 6) is -1.02. The molecule has 3 nitrogen and oxygen atoms in total. The smallest absolute Gasteiger partial charge is 0.132 e. The molecule has 0 aliphatic carbocycles. The van der Waals surface area contributed by atoms with Crippen LogP contribution in [0.4, 0.5) is 20.2 Å². The molecule has 0 unspecified atom stereocenters. The van der Waals surface area contributed by atoms with Gasteiger partial charge in [0.1, 0.15) is 11.6 Å². The Morgan fingerprint density at radius 3 is 2.56 bits per heavy atom. The van der Waals surface area contributed by atoms with Crippen LogP contribution in [0, 0.1) is 11.6 Å². The second kappa shape index (κ2) is 6.28. The van der Waals surface area contributed by atoms with E-state index in [1.54, 1.807) is 24.5 Å². The van der Waals surface area contributed by atoms with Crippen molar-refractivity contribution in [2.45, 2.75) is 0 Å². The summed E-state index contributed by atoms with van der Waals surface area (Å²) < 4.78 is 27.4. The predicted octanol–water partition coefficient (Wildman–Crippen LogP) is 5.32. The van der Waals surface area contributed by atoms with Gasteiger partial charge < -0.3 is 5.32 Å². The molecule has 0 saturated heterocycles. The molecular weight excluding hydrogens is 320 g/mol. The average molecular weight is 333 g/mol. The Kier molecular flexibility index (Phi) is 3.82. The van der Waals surface area contributed by atoms with Crippen LogP contribution in [-0.4, -0.2) is 9.97 Å². The number of rotatable bonds is 3. The van der Waals surface area contributed by atoms with E-state index < -0.39 is 11.6 Å². The lowest BCUT2D eigenvalue weighted by Crippen LogP contribution is -1.95. The molecule has 4 aromatic rings. The molecule has 5 heteroatoms. The summed E-state index contributed by atoms with van der Waals surface area (Å²) in [6, 6.07) is 16.4. The number of aromatic nitrogens is 2. The number of anilines is 2. The van der Waals surface area contributed by atoms with Gasteiger partial charge in [-0.25, -0.2) is 8.78 Å². The highest BCUT2D eigenvalue weighted by molar-refractivity contribution is 5.92. The number of hydrogen-bond donors (Lipinski definition) is 1. The van der Waals surface area contributed by atoms with E-state index in [9.17, 15) is 8.78 Å². The van der Waals surface area contributed by atoms with Gasteiger partial charge in [-0.05, 0) is 42.5 Å². The average Bonchev–Trinajstić information content (AvgIpc) is 2.64. The summed E-state index contributed by atoms with van der Waals surface area (Å²) in [5.41, 5.74) is 2.97. The summed E-state index contributed by atoms with van der Waals surface area (Å²) in [6.07, 6.45) is 3.28. The van der Waals surface area contributed by atoms with Gasteiger partial charge >= 0.3 is 0 Å². The fourth-order valence-electron chi connectivity index (χ4n) is 2.71. The van der Waals surface area contributed by atoms with Crippen LogP contribution in [0.25, 0.3) is 22.2 Å². The first-order valence-electron chi connectivity index (χ1n) is 7.73. The standard InChI is InChI=1S/C20H13F2N3/c21-13-5-6-17(22)16(11-13)20-12-14(7-9-24-20)25-19-8-10-23-18-4-2-1-3-15(18)19/h1-12H,(H,23,24,25). The van der Waals surface area contributed by atoms with E-state index >= 15 is 0 Å². The summed E-state index contributed by atoms with van der Waals surface area (Å²) in [6.45, 7) is 0. The fourth-order valence-corrected chi connectivity index (χ4v) is 2.71. The Labute approximate surface area is 143 Å². The molecular formula is C20H13F2N3. The number of fused-ring (bicyclic) bond motifs is 1. The van der Waals surface area contributed by atoms with Gasteiger partial charge in [0.2, 0.25) is 0 Å². The van der Waals surface area contributed by atoms with E-state index in [1.807, 2.05) is 30.3 Å². The minimum Gasteiger partial charge on any atom is -0.355 e. The first-order valence-corrected chi connectivity index (χ1v) is 7.73. The van der Waals surface area contributed by atoms with Crippen LogP contribution < -0.4 is 5.32 Å². The molecule has 0 aliphatic rings. The van der Waals surface area contributed by atoms with Crippen molar-refractivity contribution >= 4 is 22.3 Å². The van der Waals surface area contributed by atoms with Crippen molar-refractivity contribution in [2.75, 3.05) is 5.32 Å². The molecule has 4 rings (SSSR count). The Balaban J connectivity index is 1.74. The van der Waals surface area contributed by atoms with Crippen molar-refractivity contribution in [1.29, 1.82) is 0 Å². The summed E-state index contributed by atoms with van der Waals surface area (Å²) in [4.78, 5) is 8.48. The van der Waals surface area contributed by atoms with Gasteiger partial charge in [-0.15, -0.1) is 0 Å². The maximum Gasteiger partial charge on any atom is 0.132 e. The lowest BCUT2D eigenvalue weighted by Gasteiger charge is -2.11. The molecule has 0 atom stereocenters. The molecule has 0 radical (unpaired) electrons. The molecule has 2 aromatic carbocycles. The van der Waals surface area contributed by atoms with Crippen molar-refractivity contribution in [2.24, 2.45) is 0 Å². The molecule has 1 N–H and O–H groups in total. The molecule has 0 aliphatic heterocycles. The normalized spacial score (nSPS) is 10.8. The molecule has 0 bridgehead atoms. The summed E-state index contributed by atoms with van der Waals surface area (Å²) in [7, 11) is 0. The van der Waals surface area contributed by atoms with Gasteiger partial charge in [0.25, 0.3) is 0 Å². The zero-order chi connectivity index (χ0) is 17.2. The minimum atomic E-state index is -0.514. The molecule has 0 amide bonds. The molecule has 2 aromatic heterocycles. The van der Waals surface area contributed by atoms with E-state index in [4.69, 9.17) is 0 Å². The number of halogens is 2. The van der Waals surface area contributed by atoms with Crippen LogP contribution in [0.3, 0.4) is 0 Å². The van der Waals surface area contributed by atoms with Crippen LogP contribution in [0.5, 0.6) is 0 Å². The van der Waals surface area contributed by atoms with Gasteiger partial charge in [-0.2, -0.15) is 0 Å². The van der Waals surface area contributed by atoms with Gasteiger partial charge in [-0.3, -0.25) is 9.97 Å². The lowest BCUT2D eigenvalue weighted by molar-refractivity contribution is 0.602. The van der Waals surface area contributed by atoms with Crippen LogP contribution in [0.1, 0.15) is 0 Å². The topological polar surface area (TPSA) is 37.8 Å². The largest absolute Gasteiger partial charge is 0.355 e.